The summed E-state index contributed by atoms with van der Waals surface area (Å²) in [5.74, 6) is 0.705. The topological polar surface area (TPSA) is 83.1 Å². The van der Waals surface area contributed by atoms with Crippen LogP contribution < -0.4 is 4.74 Å². The van der Waals surface area contributed by atoms with Crippen LogP contribution in [0.1, 0.15) is 17.2 Å². The Morgan fingerprint density at radius 2 is 1.68 bits per heavy atom. The van der Waals surface area contributed by atoms with Gasteiger partial charge in [-0.2, -0.15) is 0 Å². The number of para-hydroxylation sites is 1. The van der Waals surface area contributed by atoms with Crippen LogP contribution >= 0.6 is 0 Å². The Kier molecular flexibility index (Phi) is 4.97. The van der Waals surface area contributed by atoms with Crippen LogP contribution in [0.3, 0.4) is 0 Å². The Labute approximate surface area is 161 Å². The molecule has 7 nitrogen and oxygen atoms in total. The summed E-state index contributed by atoms with van der Waals surface area (Å²) in [4.78, 5) is 10.9. The third-order valence-electron chi connectivity index (χ3n) is 4.51. The lowest BCUT2D eigenvalue weighted by Gasteiger charge is -2.15. The Hall–Kier alpha value is -3.74. The molecule has 4 aromatic rings. The van der Waals surface area contributed by atoms with Gasteiger partial charge in [-0.15, -0.1) is 5.10 Å². The molecule has 0 saturated carbocycles. The fraction of sp³-hybridized carbons (Fsp3) is 0.143. The molecule has 0 bridgehead atoms. The number of hydrogen-bond donors (Lipinski definition) is 0. The van der Waals surface area contributed by atoms with E-state index in [9.17, 15) is 10.1 Å². The van der Waals surface area contributed by atoms with E-state index in [4.69, 9.17) is 4.74 Å². The van der Waals surface area contributed by atoms with Gasteiger partial charge in [-0.05, 0) is 35.4 Å². The van der Waals surface area contributed by atoms with Crippen molar-refractivity contribution in [1.82, 2.24) is 15.0 Å². The standard InChI is InChI=1S/C21H18N4O3/c26-24(27)14-21(25-20-9-5-4-8-19(20)22-23-25)17-10-12-18(13-11-17)28-15-16-6-2-1-3-7-16/h1-13,21H,14-15H2/t21-/m1/s1. The van der Waals surface area contributed by atoms with Gasteiger partial charge in [-0.3, -0.25) is 10.1 Å². The minimum atomic E-state index is -0.550. The number of hydrogen-bond acceptors (Lipinski definition) is 5. The fourth-order valence-corrected chi connectivity index (χ4v) is 3.11. The molecule has 0 saturated heterocycles. The highest BCUT2D eigenvalue weighted by Gasteiger charge is 2.23. The summed E-state index contributed by atoms with van der Waals surface area (Å²) in [6.45, 7) is 0.184. The van der Waals surface area contributed by atoms with Crippen molar-refractivity contribution in [3.63, 3.8) is 0 Å². The van der Waals surface area contributed by atoms with E-state index in [0.29, 0.717) is 17.9 Å². The van der Waals surface area contributed by atoms with Crippen molar-refractivity contribution in [3.8, 4) is 5.75 Å². The van der Waals surface area contributed by atoms with Gasteiger partial charge in [0.05, 0.1) is 5.52 Å². The lowest BCUT2D eigenvalue weighted by atomic mass is 10.1. The number of nitrogens with zero attached hydrogens (tertiary/aromatic N) is 4. The van der Waals surface area contributed by atoms with E-state index in [1.54, 1.807) is 4.68 Å². The molecule has 0 fully saturated rings. The zero-order valence-electron chi connectivity index (χ0n) is 15.0. The molecule has 0 aliphatic rings. The summed E-state index contributed by atoms with van der Waals surface area (Å²) < 4.78 is 7.41. The highest BCUT2D eigenvalue weighted by atomic mass is 16.6. The van der Waals surface area contributed by atoms with Crippen molar-refractivity contribution in [1.29, 1.82) is 0 Å². The maximum absolute atomic E-state index is 11.3. The van der Waals surface area contributed by atoms with Crippen LogP contribution in [0.15, 0.2) is 78.9 Å². The van der Waals surface area contributed by atoms with Crippen LogP contribution in [-0.4, -0.2) is 26.5 Å². The van der Waals surface area contributed by atoms with Crippen LogP contribution in [0, 0.1) is 10.1 Å². The van der Waals surface area contributed by atoms with Gasteiger partial charge in [0.2, 0.25) is 6.54 Å². The van der Waals surface area contributed by atoms with E-state index in [2.05, 4.69) is 10.3 Å². The van der Waals surface area contributed by atoms with Gasteiger partial charge in [-0.25, -0.2) is 4.68 Å². The smallest absolute Gasteiger partial charge is 0.230 e. The van der Waals surface area contributed by atoms with E-state index in [0.717, 1.165) is 16.6 Å². The molecule has 0 spiro atoms. The second-order valence-corrected chi connectivity index (χ2v) is 6.40. The Morgan fingerprint density at radius 3 is 2.43 bits per heavy atom. The van der Waals surface area contributed by atoms with Crippen molar-refractivity contribution in [2.75, 3.05) is 6.54 Å². The first-order valence-electron chi connectivity index (χ1n) is 8.89. The number of aromatic nitrogens is 3. The fourth-order valence-electron chi connectivity index (χ4n) is 3.11. The molecule has 0 aliphatic carbocycles. The molecule has 0 aliphatic heterocycles. The third kappa shape index (κ3) is 3.83. The van der Waals surface area contributed by atoms with Crippen molar-refractivity contribution in [2.24, 2.45) is 0 Å². The normalized spacial score (nSPS) is 12.0. The van der Waals surface area contributed by atoms with Gasteiger partial charge < -0.3 is 4.74 Å². The van der Waals surface area contributed by atoms with E-state index in [1.807, 2.05) is 78.9 Å². The maximum atomic E-state index is 11.3. The van der Waals surface area contributed by atoms with Gasteiger partial charge in [0, 0.05) is 4.92 Å². The van der Waals surface area contributed by atoms with Crippen molar-refractivity contribution >= 4 is 11.0 Å². The summed E-state index contributed by atoms with van der Waals surface area (Å²) >= 11 is 0. The van der Waals surface area contributed by atoms with E-state index >= 15 is 0 Å². The number of nitro groups is 1. The summed E-state index contributed by atoms with van der Waals surface area (Å²) in [6.07, 6.45) is 0. The van der Waals surface area contributed by atoms with Crippen molar-refractivity contribution < 1.29 is 9.66 Å². The SMILES string of the molecule is O=[N+]([O-])C[C@H](c1ccc(OCc2ccccc2)cc1)n1nnc2ccccc21. The monoisotopic (exact) mass is 374 g/mol. The number of rotatable bonds is 7. The predicted octanol–water partition coefficient (Wildman–Crippen LogP) is 3.88. The summed E-state index contributed by atoms with van der Waals surface area (Å²) in [7, 11) is 0. The van der Waals surface area contributed by atoms with Crippen LogP contribution in [-0.2, 0) is 6.61 Å². The van der Waals surface area contributed by atoms with E-state index in [1.165, 1.54) is 0 Å². The molecule has 1 aromatic heterocycles. The second kappa shape index (κ2) is 7.87. The van der Waals surface area contributed by atoms with E-state index < -0.39 is 6.04 Å². The van der Waals surface area contributed by atoms with E-state index in [-0.39, 0.29) is 11.5 Å². The Morgan fingerprint density at radius 1 is 0.964 bits per heavy atom. The average Bonchev–Trinajstić information content (AvgIpc) is 3.16. The van der Waals surface area contributed by atoms with Gasteiger partial charge in [0.25, 0.3) is 0 Å². The summed E-state index contributed by atoms with van der Waals surface area (Å²) in [5.41, 5.74) is 3.32. The summed E-state index contributed by atoms with van der Waals surface area (Å²) in [6, 6.07) is 24.1. The van der Waals surface area contributed by atoms with Gasteiger partial charge in [-0.1, -0.05) is 59.8 Å². The first-order chi connectivity index (χ1) is 13.7. The van der Waals surface area contributed by atoms with Crippen LogP contribution in [0.2, 0.25) is 0 Å². The third-order valence-corrected chi connectivity index (χ3v) is 4.51. The Bertz CT molecular complexity index is 1080. The molecular weight excluding hydrogens is 356 g/mol. The molecule has 1 heterocycles. The lowest BCUT2D eigenvalue weighted by Crippen LogP contribution is -2.21. The molecule has 3 aromatic carbocycles. The summed E-state index contributed by atoms with van der Waals surface area (Å²) in [5, 5.41) is 19.5. The first-order valence-corrected chi connectivity index (χ1v) is 8.89. The molecular formula is C21H18N4O3. The predicted molar refractivity (Wildman–Crippen MR) is 105 cm³/mol. The van der Waals surface area contributed by atoms with Crippen LogP contribution in [0.4, 0.5) is 0 Å². The molecule has 0 radical (unpaired) electrons. The molecule has 140 valence electrons. The molecule has 7 heteroatoms. The maximum Gasteiger partial charge on any atom is 0.230 e. The van der Waals surface area contributed by atoms with Gasteiger partial charge >= 0.3 is 0 Å². The molecule has 0 amide bonds. The average molecular weight is 374 g/mol. The minimum absolute atomic E-state index is 0.280. The van der Waals surface area contributed by atoms with Crippen molar-refractivity contribution in [3.05, 3.63) is 100 Å². The number of fused-ring (bicyclic) bond motifs is 1. The largest absolute Gasteiger partial charge is 0.489 e. The molecule has 28 heavy (non-hydrogen) atoms. The van der Waals surface area contributed by atoms with Gasteiger partial charge in [0.15, 0.2) is 0 Å². The molecule has 4 rings (SSSR count). The quantitative estimate of drug-likeness (QED) is 0.362. The van der Waals surface area contributed by atoms with Crippen molar-refractivity contribution in [2.45, 2.75) is 12.6 Å². The lowest BCUT2D eigenvalue weighted by molar-refractivity contribution is -0.484. The van der Waals surface area contributed by atoms with Gasteiger partial charge in [0.1, 0.15) is 23.9 Å². The molecule has 1 atom stereocenters. The zero-order chi connectivity index (χ0) is 19.3. The zero-order valence-corrected chi connectivity index (χ0v) is 15.0. The highest BCUT2D eigenvalue weighted by molar-refractivity contribution is 5.74. The van der Waals surface area contributed by atoms with Crippen LogP contribution in [0.25, 0.3) is 11.0 Å². The molecule has 0 N–H and O–H groups in total. The van der Waals surface area contributed by atoms with Crippen LogP contribution in [0.5, 0.6) is 5.75 Å². The minimum Gasteiger partial charge on any atom is -0.489 e. The number of ether oxygens (including phenoxy) is 1. The first kappa shape index (κ1) is 17.7. The Balaban J connectivity index is 1.58. The number of benzene rings is 3. The second-order valence-electron chi connectivity index (χ2n) is 6.40. The molecule has 0 unspecified atom stereocenters. The highest BCUT2D eigenvalue weighted by Crippen LogP contribution is 2.25.